The lowest BCUT2D eigenvalue weighted by Crippen LogP contribution is -2.46. The minimum absolute atomic E-state index is 0.0112. The van der Waals surface area contributed by atoms with E-state index in [1.807, 2.05) is 6.92 Å². The Kier molecular flexibility index (Phi) is 2.92. The zero-order valence-electron chi connectivity index (χ0n) is 11.2. The number of nitrogens with zero attached hydrogens (tertiary/aromatic N) is 2. The van der Waals surface area contributed by atoms with E-state index in [1.54, 1.807) is 4.90 Å². The smallest absolute Gasteiger partial charge is 0.312 e. The normalized spacial score (nSPS) is 27.4. The molecular formula is C13H22N2O2. The van der Waals surface area contributed by atoms with Crippen molar-refractivity contribution in [1.82, 2.24) is 9.80 Å². The van der Waals surface area contributed by atoms with Crippen molar-refractivity contribution in [1.29, 1.82) is 0 Å². The van der Waals surface area contributed by atoms with Crippen LogP contribution < -0.4 is 0 Å². The molecular weight excluding hydrogens is 216 g/mol. The number of piperidine rings is 1. The Bertz CT molecular complexity index is 322. The summed E-state index contributed by atoms with van der Waals surface area (Å²) < 4.78 is 0. The molecule has 2 fully saturated rings. The summed E-state index contributed by atoms with van der Waals surface area (Å²) in [6.07, 6.45) is 2.91. The van der Waals surface area contributed by atoms with Gasteiger partial charge in [0.25, 0.3) is 5.91 Å². The summed E-state index contributed by atoms with van der Waals surface area (Å²) in [6.45, 7) is 8.90. The van der Waals surface area contributed by atoms with E-state index in [4.69, 9.17) is 0 Å². The fraction of sp³-hybridized carbons (Fsp3) is 0.846. The Labute approximate surface area is 103 Å². The van der Waals surface area contributed by atoms with Crippen molar-refractivity contribution in [2.45, 2.75) is 59.0 Å². The maximum Gasteiger partial charge on any atom is 0.327 e. The van der Waals surface area contributed by atoms with Crippen LogP contribution in [0.5, 0.6) is 0 Å². The van der Waals surface area contributed by atoms with Crippen LogP contribution in [-0.4, -0.2) is 40.4 Å². The first-order valence-electron chi connectivity index (χ1n) is 6.47. The molecule has 4 nitrogen and oxygen atoms in total. The van der Waals surface area contributed by atoms with Crippen LogP contribution in [0.3, 0.4) is 0 Å². The van der Waals surface area contributed by atoms with Gasteiger partial charge in [0.15, 0.2) is 0 Å². The van der Waals surface area contributed by atoms with Crippen LogP contribution in [-0.2, 0) is 4.79 Å². The van der Waals surface area contributed by atoms with Gasteiger partial charge in [0.2, 0.25) is 0 Å². The highest BCUT2D eigenvalue weighted by Gasteiger charge is 2.49. The van der Waals surface area contributed by atoms with E-state index in [9.17, 15) is 9.59 Å². The van der Waals surface area contributed by atoms with Gasteiger partial charge < -0.3 is 4.90 Å². The van der Waals surface area contributed by atoms with Crippen LogP contribution in [0.2, 0.25) is 0 Å². The molecule has 3 amide bonds. The summed E-state index contributed by atoms with van der Waals surface area (Å²) in [5.41, 5.74) is -0.0695. The van der Waals surface area contributed by atoms with Gasteiger partial charge in [0, 0.05) is 12.6 Å². The summed E-state index contributed by atoms with van der Waals surface area (Å²) >= 11 is 0. The molecule has 2 heterocycles. The topological polar surface area (TPSA) is 40.6 Å². The lowest BCUT2D eigenvalue weighted by molar-refractivity contribution is -0.131. The number of imide groups is 1. The van der Waals surface area contributed by atoms with Crippen molar-refractivity contribution >= 4 is 11.9 Å². The van der Waals surface area contributed by atoms with E-state index >= 15 is 0 Å². The van der Waals surface area contributed by atoms with Crippen LogP contribution in [0.4, 0.5) is 4.79 Å². The molecule has 0 aromatic carbocycles. The lowest BCUT2D eigenvalue weighted by Gasteiger charge is -2.33. The van der Waals surface area contributed by atoms with Gasteiger partial charge in [-0.2, -0.15) is 0 Å². The summed E-state index contributed by atoms with van der Waals surface area (Å²) in [5, 5.41) is 0. The zero-order valence-corrected chi connectivity index (χ0v) is 11.2. The highest BCUT2D eigenvalue weighted by Crippen LogP contribution is 2.33. The zero-order chi connectivity index (χ0) is 12.8. The molecule has 0 aromatic heterocycles. The van der Waals surface area contributed by atoms with Gasteiger partial charge in [-0.1, -0.05) is 20.8 Å². The number of hydrogen-bond acceptors (Lipinski definition) is 2. The predicted octanol–water partition coefficient (Wildman–Crippen LogP) is 2.24. The van der Waals surface area contributed by atoms with Crippen molar-refractivity contribution in [2.24, 2.45) is 5.41 Å². The molecule has 0 aromatic rings. The molecule has 96 valence electrons. The molecule has 0 N–H and O–H groups in total. The van der Waals surface area contributed by atoms with E-state index in [0.29, 0.717) is 0 Å². The molecule has 0 radical (unpaired) electrons. The molecule has 0 unspecified atom stereocenters. The van der Waals surface area contributed by atoms with E-state index in [-0.39, 0.29) is 29.4 Å². The molecule has 17 heavy (non-hydrogen) atoms. The maximum absolute atomic E-state index is 12.3. The molecule has 0 spiro atoms. The maximum atomic E-state index is 12.3. The van der Waals surface area contributed by atoms with E-state index in [1.165, 1.54) is 4.90 Å². The van der Waals surface area contributed by atoms with Crippen molar-refractivity contribution in [3.63, 3.8) is 0 Å². The van der Waals surface area contributed by atoms with Crippen LogP contribution in [0.1, 0.15) is 47.0 Å². The van der Waals surface area contributed by atoms with E-state index < -0.39 is 0 Å². The first kappa shape index (κ1) is 12.4. The highest BCUT2D eigenvalue weighted by molar-refractivity contribution is 6.04. The molecule has 2 saturated heterocycles. The quantitative estimate of drug-likeness (QED) is 0.657. The number of urea groups is 1. The summed E-state index contributed by atoms with van der Waals surface area (Å²) in [4.78, 5) is 27.8. The molecule has 4 heteroatoms. The lowest BCUT2D eigenvalue weighted by atomic mass is 9.87. The number of carbonyl (C=O) groups excluding carboxylic acids is 2. The molecule has 2 aliphatic rings. The Morgan fingerprint density at radius 2 is 1.88 bits per heavy atom. The Hall–Kier alpha value is -1.06. The SMILES string of the molecule is C[C@H](N1C(=O)[C@H]2CCCCN2C1=O)C(C)(C)C. The Morgan fingerprint density at radius 1 is 1.24 bits per heavy atom. The number of carbonyl (C=O) groups is 2. The third-order valence-corrected chi connectivity index (χ3v) is 4.12. The van der Waals surface area contributed by atoms with Gasteiger partial charge in [-0.05, 0) is 31.6 Å². The van der Waals surface area contributed by atoms with E-state index in [2.05, 4.69) is 20.8 Å². The third kappa shape index (κ3) is 1.94. The summed E-state index contributed by atoms with van der Waals surface area (Å²) in [7, 11) is 0. The number of hydrogen-bond donors (Lipinski definition) is 0. The second kappa shape index (κ2) is 4.00. The Morgan fingerprint density at radius 3 is 2.41 bits per heavy atom. The fourth-order valence-electron chi connectivity index (χ4n) is 2.55. The van der Waals surface area contributed by atoms with Gasteiger partial charge in [0.05, 0.1) is 0 Å². The summed E-state index contributed by atoms with van der Waals surface area (Å²) in [6, 6.07) is -0.309. The van der Waals surface area contributed by atoms with E-state index in [0.717, 1.165) is 25.8 Å². The monoisotopic (exact) mass is 238 g/mol. The van der Waals surface area contributed by atoms with Crippen LogP contribution >= 0.6 is 0 Å². The second-order valence-electron chi connectivity index (χ2n) is 6.24. The molecule has 0 bridgehead atoms. The number of fused-ring (bicyclic) bond motifs is 1. The Balaban J connectivity index is 2.24. The van der Waals surface area contributed by atoms with Crippen molar-refractivity contribution in [2.75, 3.05) is 6.54 Å². The average molecular weight is 238 g/mol. The third-order valence-electron chi connectivity index (χ3n) is 4.12. The van der Waals surface area contributed by atoms with Gasteiger partial charge in [-0.3, -0.25) is 9.69 Å². The minimum Gasteiger partial charge on any atom is -0.312 e. The number of rotatable bonds is 1. The van der Waals surface area contributed by atoms with Crippen molar-refractivity contribution in [3.05, 3.63) is 0 Å². The van der Waals surface area contributed by atoms with Gasteiger partial charge >= 0.3 is 6.03 Å². The highest BCUT2D eigenvalue weighted by atomic mass is 16.2. The van der Waals surface area contributed by atoms with Gasteiger partial charge in [-0.25, -0.2) is 4.79 Å². The van der Waals surface area contributed by atoms with Crippen molar-refractivity contribution < 1.29 is 9.59 Å². The summed E-state index contributed by atoms with van der Waals surface area (Å²) in [5.74, 6) is 0.0112. The first-order valence-corrected chi connectivity index (χ1v) is 6.47. The standard InChI is InChI=1S/C13H22N2O2/c1-9(13(2,3)4)15-11(16)10-7-5-6-8-14(10)12(15)17/h9-10H,5-8H2,1-4H3/t9-,10+/m0/s1. The van der Waals surface area contributed by atoms with Crippen LogP contribution in [0, 0.1) is 5.41 Å². The molecule has 2 aliphatic heterocycles. The first-order chi connectivity index (χ1) is 7.84. The second-order valence-corrected chi connectivity index (χ2v) is 6.24. The average Bonchev–Trinajstić information content (AvgIpc) is 2.51. The predicted molar refractivity (Wildman–Crippen MR) is 65.5 cm³/mol. The van der Waals surface area contributed by atoms with Crippen molar-refractivity contribution in [3.8, 4) is 0 Å². The van der Waals surface area contributed by atoms with Crippen LogP contribution in [0.25, 0.3) is 0 Å². The molecule has 0 saturated carbocycles. The fourth-order valence-corrected chi connectivity index (χ4v) is 2.55. The molecule has 2 rings (SSSR count). The molecule has 2 atom stereocenters. The van der Waals surface area contributed by atoms with Crippen LogP contribution in [0.15, 0.2) is 0 Å². The minimum atomic E-state index is -0.180. The largest absolute Gasteiger partial charge is 0.327 e. The van der Waals surface area contributed by atoms with Gasteiger partial charge in [-0.15, -0.1) is 0 Å². The van der Waals surface area contributed by atoms with Gasteiger partial charge in [0.1, 0.15) is 6.04 Å². The number of amides is 3. The molecule has 0 aliphatic carbocycles.